The summed E-state index contributed by atoms with van der Waals surface area (Å²) in [4.78, 5) is 29.3. The number of hydrogen-bond donors (Lipinski definition) is 2. The van der Waals surface area contributed by atoms with E-state index in [-0.39, 0.29) is 24.3 Å². The number of rotatable bonds is 7. The molecule has 3 amide bonds. The molecule has 0 bridgehead atoms. The Morgan fingerprint density at radius 3 is 2.07 bits per heavy atom. The first-order chi connectivity index (χ1) is 21.7. The van der Waals surface area contributed by atoms with Crippen molar-refractivity contribution in [3.8, 4) is 0 Å². The number of hydrogen-bond acceptors (Lipinski definition) is 4. The van der Waals surface area contributed by atoms with Crippen molar-refractivity contribution < 1.29 is 23.1 Å². The molecule has 0 saturated carbocycles. The van der Waals surface area contributed by atoms with Crippen molar-refractivity contribution in [1.82, 2.24) is 14.4 Å². The molecule has 0 unspecified atom stereocenters. The Kier molecular flexibility index (Phi) is 9.34. The quantitative estimate of drug-likeness (QED) is 0.177. The van der Waals surface area contributed by atoms with Crippen LogP contribution < -0.4 is 10.6 Å². The van der Waals surface area contributed by atoms with Crippen molar-refractivity contribution in [2.75, 3.05) is 43.4 Å². The zero-order valence-electron chi connectivity index (χ0n) is 24.0. The van der Waals surface area contributed by atoms with E-state index >= 15 is 0 Å². The van der Waals surface area contributed by atoms with E-state index in [1.165, 1.54) is 36.4 Å². The van der Waals surface area contributed by atoms with Crippen LogP contribution in [-0.4, -0.2) is 59.3 Å². The number of nitrogens with one attached hydrogen (secondary N) is 2. The van der Waals surface area contributed by atoms with Gasteiger partial charge in [-0.1, -0.05) is 31.9 Å². The lowest BCUT2D eigenvalue weighted by atomic mass is 10.1. The number of amides is 3. The maximum Gasteiger partial charge on any atom is 0.411 e. The number of benzene rings is 4. The molecule has 45 heavy (non-hydrogen) atoms. The van der Waals surface area contributed by atoms with Crippen LogP contribution in [0.25, 0.3) is 21.8 Å². The molecule has 0 aliphatic carbocycles. The molecule has 8 nitrogen and oxygen atoms in total. The van der Waals surface area contributed by atoms with Gasteiger partial charge in [0.2, 0.25) is 0 Å². The van der Waals surface area contributed by atoms with Crippen LogP contribution in [-0.2, 0) is 17.8 Å². The highest BCUT2D eigenvalue weighted by molar-refractivity contribution is 9.10. The lowest BCUT2D eigenvalue weighted by molar-refractivity contribution is 0.143. The fraction of sp³-hybridized carbons (Fsp3) is 0.212. The highest BCUT2D eigenvalue weighted by Gasteiger charge is 2.24. The summed E-state index contributed by atoms with van der Waals surface area (Å²) in [5, 5.41) is 7.64. The second-order valence-corrected chi connectivity index (χ2v) is 12.5. The molecule has 12 heteroatoms. The predicted molar refractivity (Wildman–Crippen MR) is 178 cm³/mol. The zero-order chi connectivity index (χ0) is 31.5. The summed E-state index contributed by atoms with van der Waals surface area (Å²) in [7, 11) is 0. The Bertz CT molecular complexity index is 1860. The summed E-state index contributed by atoms with van der Waals surface area (Å²) < 4.78 is 36.0. The molecule has 2 N–H and O–H groups in total. The molecule has 232 valence electrons. The Balaban J connectivity index is 1.16. The highest BCUT2D eigenvalue weighted by atomic mass is 79.9. The number of nitrogens with zero attached hydrogens (tertiary/aromatic N) is 3. The van der Waals surface area contributed by atoms with Crippen LogP contribution in [0.4, 0.5) is 29.7 Å². The molecule has 0 atom stereocenters. The van der Waals surface area contributed by atoms with Gasteiger partial charge in [-0.05, 0) is 84.4 Å². The first-order valence-electron chi connectivity index (χ1n) is 14.4. The fourth-order valence-electron chi connectivity index (χ4n) is 5.59. The van der Waals surface area contributed by atoms with Crippen LogP contribution in [0, 0.1) is 11.6 Å². The van der Waals surface area contributed by atoms with Crippen LogP contribution in [0.2, 0.25) is 0 Å². The fourth-order valence-corrected chi connectivity index (χ4v) is 6.41. The minimum Gasteiger partial charge on any atom is -0.447 e. The molecular weight excluding hydrogens is 712 g/mol. The lowest BCUT2D eigenvalue weighted by Gasteiger charge is -2.35. The third-order valence-corrected chi connectivity index (χ3v) is 9.05. The lowest BCUT2D eigenvalue weighted by Crippen LogP contribution is -2.49. The van der Waals surface area contributed by atoms with Gasteiger partial charge in [0, 0.05) is 74.8 Å². The monoisotopic (exact) mass is 739 g/mol. The Morgan fingerprint density at radius 1 is 0.778 bits per heavy atom. The minimum atomic E-state index is -0.612. The van der Waals surface area contributed by atoms with Gasteiger partial charge in [-0.3, -0.25) is 10.2 Å². The van der Waals surface area contributed by atoms with Crippen LogP contribution in [0.1, 0.15) is 5.56 Å². The number of halogens is 4. The molecular formula is C33H29Br2F2N5O3. The maximum atomic E-state index is 13.2. The zero-order valence-corrected chi connectivity index (χ0v) is 27.2. The minimum absolute atomic E-state index is 0.134. The van der Waals surface area contributed by atoms with Crippen LogP contribution in [0.15, 0.2) is 87.8 Å². The van der Waals surface area contributed by atoms with Crippen LogP contribution in [0.3, 0.4) is 0 Å². The predicted octanol–water partition coefficient (Wildman–Crippen LogP) is 8.20. The maximum absolute atomic E-state index is 13.2. The first-order valence-corrected chi connectivity index (χ1v) is 16.0. The van der Waals surface area contributed by atoms with E-state index in [1.807, 2.05) is 18.2 Å². The number of piperazine rings is 1. The Morgan fingerprint density at radius 2 is 1.40 bits per heavy atom. The highest BCUT2D eigenvalue weighted by Crippen LogP contribution is 2.37. The van der Waals surface area contributed by atoms with Crippen molar-refractivity contribution >= 4 is 77.2 Å². The normalized spacial score (nSPS) is 13.7. The molecule has 1 fully saturated rings. The van der Waals surface area contributed by atoms with E-state index in [4.69, 9.17) is 4.74 Å². The number of carbonyl (C=O) groups is 2. The van der Waals surface area contributed by atoms with Crippen molar-refractivity contribution in [2.45, 2.75) is 13.1 Å². The molecule has 1 aliphatic heterocycles. The summed E-state index contributed by atoms with van der Waals surface area (Å²) >= 11 is 7.42. The summed E-state index contributed by atoms with van der Waals surface area (Å²) in [5.41, 5.74) is 4.17. The number of aromatic nitrogens is 1. The van der Waals surface area contributed by atoms with Crippen molar-refractivity contribution in [1.29, 1.82) is 0 Å². The standard InChI is InChI=1S/C33H29Br2F2N5O3/c34-21-1-11-29-26(19-21)31-27(20-40-13-15-41(16-14-40)32(43)38-24-6-2-22(36)3-7-24)28(35)10-12-30(31)42(29)17-18-45-33(44)39-25-8-4-23(37)5-9-25/h1-12,19H,13-18,20H2,(H,38,43)(H,39,44). The van der Waals surface area contributed by atoms with Gasteiger partial charge in [0.15, 0.2) is 0 Å². The second-order valence-electron chi connectivity index (χ2n) is 10.7. The second kappa shape index (κ2) is 13.6. The van der Waals surface area contributed by atoms with Gasteiger partial charge >= 0.3 is 12.1 Å². The van der Waals surface area contributed by atoms with E-state index in [0.29, 0.717) is 50.6 Å². The summed E-state index contributed by atoms with van der Waals surface area (Å²) in [6.07, 6.45) is -0.612. The summed E-state index contributed by atoms with van der Waals surface area (Å²) in [6.45, 7) is 3.75. The number of fused-ring (bicyclic) bond motifs is 3. The Hall–Kier alpha value is -4.00. The van der Waals surface area contributed by atoms with Gasteiger partial charge in [-0.25, -0.2) is 18.4 Å². The molecule has 0 radical (unpaired) electrons. The van der Waals surface area contributed by atoms with Crippen molar-refractivity contribution in [2.24, 2.45) is 0 Å². The van der Waals surface area contributed by atoms with Gasteiger partial charge in [-0.15, -0.1) is 0 Å². The molecule has 5 aromatic rings. The van der Waals surface area contributed by atoms with Gasteiger partial charge in [0.05, 0.1) is 6.54 Å². The molecule has 1 saturated heterocycles. The SMILES string of the molecule is O=C(Nc1ccc(F)cc1)OCCn1c2ccc(Br)cc2c2c(CN3CCN(C(=O)Nc4ccc(F)cc4)CC3)c(Br)ccc21. The van der Waals surface area contributed by atoms with E-state index in [2.05, 4.69) is 64.1 Å². The number of anilines is 2. The Labute approximate surface area is 275 Å². The third-order valence-electron chi connectivity index (χ3n) is 7.82. The van der Waals surface area contributed by atoms with E-state index in [0.717, 1.165) is 36.3 Å². The molecule has 4 aromatic carbocycles. The van der Waals surface area contributed by atoms with Crippen molar-refractivity contribution in [3.05, 3.63) is 105 Å². The van der Waals surface area contributed by atoms with E-state index in [1.54, 1.807) is 17.0 Å². The topological polar surface area (TPSA) is 78.8 Å². The number of ether oxygens (including phenoxy) is 1. The molecule has 1 aliphatic rings. The number of urea groups is 1. The average molecular weight is 741 g/mol. The summed E-state index contributed by atoms with van der Waals surface area (Å²) in [6, 6.07) is 21.3. The molecule has 0 spiro atoms. The van der Waals surface area contributed by atoms with Gasteiger partial charge in [0.1, 0.15) is 18.2 Å². The molecule has 1 aromatic heterocycles. The van der Waals surface area contributed by atoms with E-state index < -0.39 is 6.09 Å². The molecule has 6 rings (SSSR count). The third kappa shape index (κ3) is 7.13. The van der Waals surface area contributed by atoms with E-state index in [9.17, 15) is 18.4 Å². The average Bonchev–Trinajstić information content (AvgIpc) is 3.33. The van der Waals surface area contributed by atoms with Gasteiger partial charge in [0.25, 0.3) is 0 Å². The van der Waals surface area contributed by atoms with Crippen LogP contribution >= 0.6 is 31.9 Å². The number of carbonyl (C=O) groups excluding carboxylic acids is 2. The summed E-state index contributed by atoms with van der Waals surface area (Å²) in [5.74, 6) is -0.733. The van der Waals surface area contributed by atoms with Crippen LogP contribution in [0.5, 0.6) is 0 Å². The first kappa shape index (κ1) is 31.0. The molecule has 2 heterocycles. The largest absolute Gasteiger partial charge is 0.447 e. The van der Waals surface area contributed by atoms with Gasteiger partial charge < -0.3 is 19.5 Å². The van der Waals surface area contributed by atoms with Gasteiger partial charge in [-0.2, -0.15) is 0 Å². The smallest absolute Gasteiger partial charge is 0.411 e. The van der Waals surface area contributed by atoms with Crippen molar-refractivity contribution in [3.63, 3.8) is 0 Å².